The van der Waals surface area contributed by atoms with Crippen molar-refractivity contribution in [3.8, 4) is 0 Å². The van der Waals surface area contributed by atoms with E-state index in [4.69, 9.17) is 13.6 Å². The third-order valence-corrected chi connectivity index (χ3v) is 3.08. The highest BCUT2D eigenvalue weighted by molar-refractivity contribution is 6.33. The molecule has 2 N–H and O–H groups in total. The number of nitrogens with two attached hydrogens (primary N) is 1. The number of hydrogen-bond donors (Lipinski definition) is 1. The minimum atomic E-state index is -0.263. The summed E-state index contributed by atoms with van der Waals surface area (Å²) in [4.78, 5) is 0. The third-order valence-electron chi connectivity index (χ3n) is 3.08. The molecular formula is C14H11BFN3. The van der Waals surface area contributed by atoms with E-state index in [1.807, 2.05) is 6.07 Å². The summed E-state index contributed by atoms with van der Waals surface area (Å²) < 4.78 is 15.2. The molecule has 0 unspecified atom stereocenters. The van der Waals surface area contributed by atoms with Gasteiger partial charge in [-0.05, 0) is 18.2 Å². The Labute approximate surface area is 111 Å². The molecule has 19 heavy (non-hydrogen) atoms. The Kier molecular flexibility index (Phi) is 2.74. The van der Waals surface area contributed by atoms with E-state index in [1.165, 1.54) is 6.07 Å². The largest absolute Gasteiger partial charge is 0.383 e. The number of hydrogen-bond acceptors (Lipinski definition) is 2. The van der Waals surface area contributed by atoms with Gasteiger partial charge in [0, 0.05) is 10.9 Å². The van der Waals surface area contributed by atoms with E-state index in [-0.39, 0.29) is 5.82 Å². The first-order valence-corrected chi connectivity index (χ1v) is 5.90. The van der Waals surface area contributed by atoms with Gasteiger partial charge in [-0.25, -0.2) is 9.07 Å². The van der Waals surface area contributed by atoms with Crippen molar-refractivity contribution in [1.29, 1.82) is 0 Å². The maximum atomic E-state index is 13.6. The van der Waals surface area contributed by atoms with Crippen LogP contribution in [0, 0.1) is 5.82 Å². The highest BCUT2D eigenvalue weighted by Crippen LogP contribution is 2.20. The Morgan fingerprint density at radius 3 is 2.79 bits per heavy atom. The molecule has 0 amide bonds. The van der Waals surface area contributed by atoms with E-state index >= 15 is 0 Å². The van der Waals surface area contributed by atoms with Gasteiger partial charge in [-0.15, -0.1) is 0 Å². The second-order valence-corrected chi connectivity index (χ2v) is 4.41. The van der Waals surface area contributed by atoms with Gasteiger partial charge in [0.25, 0.3) is 0 Å². The second kappa shape index (κ2) is 4.42. The highest BCUT2D eigenvalue weighted by atomic mass is 19.1. The molecule has 0 fully saturated rings. The minimum absolute atomic E-state index is 0.263. The van der Waals surface area contributed by atoms with Crippen molar-refractivity contribution < 1.29 is 4.39 Å². The zero-order valence-electron chi connectivity index (χ0n) is 10.2. The number of nitrogen functional groups attached to an aromatic ring is 1. The Balaban J connectivity index is 2.06. The monoisotopic (exact) mass is 251 g/mol. The van der Waals surface area contributed by atoms with Gasteiger partial charge in [-0.2, -0.15) is 5.10 Å². The molecule has 2 radical (unpaired) electrons. The molecule has 92 valence electrons. The molecule has 0 aliphatic carbocycles. The van der Waals surface area contributed by atoms with E-state index < -0.39 is 0 Å². The van der Waals surface area contributed by atoms with Crippen LogP contribution in [0.15, 0.2) is 42.5 Å². The number of fused-ring (bicyclic) bond motifs is 1. The zero-order valence-corrected chi connectivity index (χ0v) is 10.2. The lowest BCUT2D eigenvalue weighted by Crippen LogP contribution is -2.07. The number of halogens is 1. The predicted octanol–water partition coefficient (Wildman–Crippen LogP) is 1.60. The predicted molar refractivity (Wildman–Crippen MR) is 75.0 cm³/mol. The summed E-state index contributed by atoms with van der Waals surface area (Å²) >= 11 is 0. The Morgan fingerprint density at radius 1 is 1.21 bits per heavy atom. The van der Waals surface area contributed by atoms with E-state index in [2.05, 4.69) is 5.10 Å². The van der Waals surface area contributed by atoms with Crippen molar-refractivity contribution in [2.24, 2.45) is 0 Å². The molecule has 0 saturated heterocycles. The van der Waals surface area contributed by atoms with Crippen LogP contribution in [0.5, 0.6) is 0 Å². The molecule has 0 saturated carbocycles. The molecule has 3 aromatic rings. The van der Waals surface area contributed by atoms with Crippen LogP contribution in [0.2, 0.25) is 0 Å². The van der Waals surface area contributed by atoms with Crippen LogP contribution >= 0.6 is 0 Å². The molecule has 3 nitrogen and oxygen atoms in total. The molecule has 0 aliphatic rings. The fourth-order valence-electron chi connectivity index (χ4n) is 2.08. The lowest BCUT2D eigenvalue weighted by molar-refractivity contribution is 0.589. The number of nitrogens with zero attached hydrogens (tertiary/aromatic N) is 2. The molecule has 3 rings (SSSR count). The summed E-state index contributed by atoms with van der Waals surface area (Å²) in [6.07, 6.45) is 0. The van der Waals surface area contributed by atoms with Crippen LogP contribution in [0.3, 0.4) is 0 Å². The fourth-order valence-corrected chi connectivity index (χ4v) is 2.08. The van der Waals surface area contributed by atoms with Gasteiger partial charge in [0.15, 0.2) is 0 Å². The van der Waals surface area contributed by atoms with Crippen LogP contribution < -0.4 is 11.2 Å². The van der Waals surface area contributed by atoms with Crippen molar-refractivity contribution in [3.05, 3.63) is 53.8 Å². The van der Waals surface area contributed by atoms with Crippen LogP contribution in [0.4, 0.5) is 10.2 Å². The van der Waals surface area contributed by atoms with Gasteiger partial charge in [0.05, 0.1) is 12.1 Å². The SMILES string of the molecule is [B]c1ccc2c(N)n(Cc3ccccc3F)nc2c1. The van der Waals surface area contributed by atoms with Crippen molar-refractivity contribution in [2.45, 2.75) is 6.54 Å². The molecule has 0 aliphatic heterocycles. The summed E-state index contributed by atoms with van der Waals surface area (Å²) in [7, 11) is 5.71. The quantitative estimate of drug-likeness (QED) is 0.703. The second-order valence-electron chi connectivity index (χ2n) is 4.41. The summed E-state index contributed by atoms with van der Waals surface area (Å²) in [5.74, 6) is 0.249. The first kappa shape index (κ1) is 11.8. The van der Waals surface area contributed by atoms with E-state index in [9.17, 15) is 4.39 Å². The fraction of sp³-hybridized carbons (Fsp3) is 0.0714. The number of anilines is 1. The summed E-state index contributed by atoms with van der Waals surface area (Å²) in [6.45, 7) is 0.299. The van der Waals surface area contributed by atoms with Gasteiger partial charge in [-0.1, -0.05) is 29.7 Å². The lowest BCUT2D eigenvalue weighted by atomic mass is 9.95. The van der Waals surface area contributed by atoms with Crippen LogP contribution in [-0.2, 0) is 6.54 Å². The van der Waals surface area contributed by atoms with Crippen molar-refractivity contribution in [2.75, 3.05) is 5.73 Å². The van der Waals surface area contributed by atoms with Crippen molar-refractivity contribution in [3.63, 3.8) is 0 Å². The highest BCUT2D eigenvalue weighted by Gasteiger charge is 2.10. The molecule has 1 aromatic heterocycles. The summed E-state index contributed by atoms with van der Waals surface area (Å²) in [6, 6.07) is 11.9. The van der Waals surface area contributed by atoms with Crippen molar-refractivity contribution in [1.82, 2.24) is 9.78 Å². The lowest BCUT2D eigenvalue weighted by Gasteiger charge is -2.05. The van der Waals surface area contributed by atoms with Gasteiger partial charge in [-0.3, -0.25) is 0 Å². The van der Waals surface area contributed by atoms with E-state index in [0.29, 0.717) is 28.9 Å². The number of aromatic nitrogens is 2. The molecule has 0 atom stereocenters. The first-order chi connectivity index (χ1) is 9.15. The van der Waals surface area contributed by atoms with Gasteiger partial charge in [0.2, 0.25) is 0 Å². The number of benzene rings is 2. The average molecular weight is 251 g/mol. The maximum absolute atomic E-state index is 13.6. The van der Waals surface area contributed by atoms with Gasteiger partial charge in [0.1, 0.15) is 19.5 Å². The minimum Gasteiger partial charge on any atom is -0.383 e. The standard InChI is InChI=1S/C14H11BFN3/c15-10-5-6-11-13(7-10)18-19(14(11)17)8-9-3-1-2-4-12(9)16/h1-7H,8,17H2. The average Bonchev–Trinajstić information content (AvgIpc) is 2.68. The number of rotatable bonds is 2. The van der Waals surface area contributed by atoms with Crippen LogP contribution in [-0.4, -0.2) is 17.6 Å². The summed E-state index contributed by atoms with van der Waals surface area (Å²) in [5.41, 5.74) is 7.92. The molecule has 2 aromatic carbocycles. The van der Waals surface area contributed by atoms with Crippen molar-refractivity contribution >= 4 is 30.0 Å². The Bertz CT molecular complexity index is 752. The Morgan fingerprint density at radius 2 is 2.00 bits per heavy atom. The first-order valence-electron chi connectivity index (χ1n) is 5.90. The molecule has 0 spiro atoms. The zero-order chi connectivity index (χ0) is 13.4. The van der Waals surface area contributed by atoms with Gasteiger partial charge < -0.3 is 5.73 Å². The Hall–Kier alpha value is -2.30. The van der Waals surface area contributed by atoms with Crippen LogP contribution in [0.1, 0.15) is 5.56 Å². The molecule has 5 heteroatoms. The molecular weight excluding hydrogens is 240 g/mol. The van der Waals surface area contributed by atoms with Gasteiger partial charge >= 0.3 is 0 Å². The maximum Gasteiger partial charge on any atom is 0.130 e. The topological polar surface area (TPSA) is 43.8 Å². The molecule has 0 bridgehead atoms. The van der Waals surface area contributed by atoms with E-state index in [1.54, 1.807) is 35.0 Å². The summed E-state index contributed by atoms with van der Waals surface area (Å²) in [5, 5.41) is 5.18. The van der Waals surface area contributed by atoms with E-state index in [0.717, 1.165) is 5.39 Å². The smallest absolute Gasteiger partial charge is 0.130 e. The third kappa shape index (κ3) is 2.07. The van der Waals surface area contributed by atoms with Crippen LogP contribution in [0.25, 0.3) is 10.9 Å². The molecule has 1 heterocycles. The normalized spacial score (nSPS) is 11.0.